The maximum atomic E-state index is 12.3. The summed E-state index contributed by atoms with van der Waals surface area (Å²) in [6, 6.07) is 9.65. The van der Waals surface area contributed by atoms with Crippen molar-refractivity contribution in [3.05, 3.63) is 47.3 Å². The lowest BCUT2D eigenvalue weighted by atomic mass is 10.2. The number of anilines is 1. The number of carbonyl (C=O) groups is 1. The number of aromatic nitrogens is 2. The fourth-order valence-electron chi connectivity index (χ4n) is 1.91. The van der Waals surface area contributed by atoms with Crippen LogP contribution in [0.2, 0.25) is 0 Å². The Morgan fingerprint density at radius 2 is 1.76 bits per heavy atom. The van der Waals surface area contributed by atoms with Crippen molar-refractivity contribution in [2.24, 2.45) is 0 Å². The van der Waals surface area contributed by atoms with Gasteiger partial charge in [0, 0.05) is 17.1 Å². The lowest BCUT2D eigenvalue weighted by Crippen LogP contribution is -2.23. The van der Waals surface area contributed by atoms with Gasteiger partial charge in [0.25, 0.3) is 0 Å². The van der Waals surface area contributed by atoms with Crippen LogP contribution in [0.1, 0.15) is 23.9 Å². The topological polar surface area (TPSA) is 54.9 Å². The molecule has 110 valence electrons. The molecule has 0 aliphatic heterocycles. The van der Waals surface area contributed by atoms with Crippen molar-refractivity contribution in [2.75, 3.05) is 5.32 Å². The molecule has 1 aromatic heterocycles. The van der Waals surface area contributed by atoms with E-state index in [9.17, 15) is 4.79 Å². The Hall–Kier alpha value is -1.88. The third-order valence-electron chi connectivity index (χ3n) is 3.02. The molecule has 0 spiro atoms. The van der Waals surface area contributed by atoms with Gasteiger partial charge in [-0.3, -0.25) is 4.79 Å². The summed E-state index contributed by atoms with van der Waals surface area (Å²) in [6.45, 7) is 7.69. The molecule has 0 saturated carbocycles. The number of nitrogens with zero attached hydrogens (tertiary/aromatic N) is 2. The van der Waals surface area contributed by atoms with Gasteiger partial charge in [-0.05, 0) is 45.4 Å². The molecule has 1 aromatic carbocycles. The van der Waals surface area contributed by atoms with Crippen molar-refractivity contribution in [3.63, 3.8) is 0 Å². The van der Waals surface area contributed by atoms with E-state index in [1.165, 1.54) is 11.8 Å². The highest BCUT2D eigenvalue weighted by molar-refractivity contribution is 8.00. The smallest absolute Gasteiger partial charge is 0.237 e. The van der Waals surface area contributed by atoms with Crippen LogP contribution in [-0.2, 0) is 4.79 Å². The standard InChI is InChI=1S/C16H19N3OS/c1-10-7-5-6-8-14(10)19-15(20)13(4)21-16-17-11(2)9-12(3)18-16/h5-9,13H,1-4H3,(H,19,20)/t13-/m0/s1. The van der Waals surface area contributed by atoms with Gasteiger partial charge in [0.05, 0.1) is 5.25 Å². The minimum atomic E-state index is -0.259. The molecule has 4 nitrogen and oxygen atoms in total. The Kier molecular flexibility index (Phi) is 4.96. The number of para-hydroxylation sites is 1. The quantitative estimate of drug-likeness (QED) is 0.693. The normalized spacial score (nSPS) is 12.0. The second-order valence-corrected chi connectivity index (χ2v) is 6.31. The zero-order valence-electron chi connectivity index (χ0n) is 12.7. The number of hydrogen-bond donors (Lipinski definition) is 1. The first-order valence-corrected chi connectivity index (χ1v) is 7.69. The van der Waals surface area contributed by atoms with Crippen molar-refractivity contribution < 1.29 is 4.79 Å². The van der Waals surface area contributed by atoms with Gasteiger partial charge in [0.1, 0.15) is 0 Å². The minimum Gasteiger partial charge on any atom is -0.325 e. The summed E-state index contributed by atoms with van der Waals surface area (Å²) in [4.78, 5) is 21.0. The average Bonchev–Trinajstić information content (AvgIpc) is 2.40. The zero-order chi connectivity index (χ0) is 15.4. The van der Waals surface area contributed by atoms with Crippen molar-refractivity contribution in [2.45, 2.75) is 38.1 Å². The Bertz CT molecular complexity index is 637. The molecular weight excluding hydrogens is 282 g/mol. The fourth-order valence-corrected chi connectivity index (χ4v) is 2.78. The van der Waals surface area contributed by atoms with Crippen LogP contribution in [-0.4, -0.2) is 21.1 Å². The molecule has 1 N–H and O–H groups in total. The summed E-state index contributed by atoms with van der Waals surface area (Å²) >= 11 is 1.37. The highest BCUT2D eigenvalue weighted by atomic mass is 32.2. The lowest BCUT2D eigenvalue weighted by molar-refractivity contribution is -0.115. The fraction of sp³-hybridized carbons (Fsp3) is 0.312. The largest absolute Gasteiger partial charge is 0.325 e. The predicted octanol–water partition coefficient (Wildman–Crippen LogP) is 3.52. The van der Waals surface area contributed by atoms with E-state index in [0.29, 0.717) is 5.16 Å². The number of benzene rings is 1. The summed E-state index contributed by atoms with van der Waals surface area (Å²) in [5.41, 5.74) is 3.72. The Labute approximate surface area is 129 Å². The Morgan fingerprint density at radius 3 is 2.38 bits per heavy atom. The zero-order valence-corrected chi connectivity index (χ0v) is 13.5. The number of thioether (sulfide) groups is 1. The minimum absolute atomic E-state index is 0.0444. The monoisotopic (exact) mass is 301 g/mol. The maximum absolute atomic E-state index is 12.3. The molecule has 2 rings (SSSR count). The van der Waals surface area contributed by atoms with E-state index in [-0.39, 0.29) is 11.2 Å². The van der Waals surface area contributed by atoms with Gasteiger partial charge in [-0.2, -0.15) is 0 Å². The van der Waals surface area contributed by atoms with E-state index in [2.05, 4.69) is 15.3 Å². The van der Waals surface area contributed by atoms with Crippen LogP contribution in [0.4, 0.5) is 5.69 Å². The van der Waals surface area contributed by atoms with Gasteiger partial charge < -0.3 is 5.32 Å². The van der Waals surface area contributed by atoms with E-state index in [1.54, 1.807) is 0 Å². The number of amides is 1. The number of hydrogen-bond acceptors (Lipinski definition) is 4. The molecule has 0 bridgehead atoms. The van der Waals surface area contributed by atoms with Crippen molar-refractivity contribution in [1.29, 1.82) is 0 Å². The summed E-state index contributed by atoms with van der Waals surface area (Å²) in [7, 11) is 0. The molecular formula is C16H19N3OS. The first-order valence-electron chi connectivity index (χ1n) is 6.81. The third kappa shape index (κ3) is 4.29. The van der Waals surface area contributed by atoms with E-state index in [4.69, 9.17) is 0 Å². The van der Waals surface area contributed by atoms with Gasteiger partial charge in [-0.25, -0.2) is 9.97 Å². The molecule has 0 unspecified atom stereocenters. The van der Waals surface area contributed by atoms with Crippen molar-refractivity contribution in [3.8, 4) is 0 Å². The Morgan fingerprint density at radius 1 is 1.14 bits per heavy atom. The van der Waals surface area contributed by atoms with Gasteiger partial charge in [0.15, 0.2) is 5.16 Å². The molecule has 0 fully saturated rings. The van der Waals surface area contributed by atoms with E-state index >= 15 is 0 Å². The summed E-state index contributed by atoms with van der Waals surface area (Å²) in [5, 5.41) is 3.32. The number of carbonyl (C=O) groups excluding carboxylic acids is 1. The second-order valence-electron chi connectivity index (χ2n) is 5.00. The SMILES string of the molecule is Cc1cc(C)nc(S[C@@H](C)C(=O)Nc2ccccc2C)n1. The van der Waals surface area contributed by atoms with Gasteiger partial charge >= 0.3 is 0 Å². The van der Waals surface area contributed by atoms with Crippen LogP contribution in [0.5, 0.6) is 0 Å². The van der Waals surface area contributed by atoms with E-state index < -0.39 is 0 Å². The van der Waals surface area contributed by atoms with Crippen molar-refractivity contribution >= 4 is 23.4 Å². The van der Waals surface area contributed by atoms with Gasteiger partial charge in [-0.15, -0.1) is 0 Å². The molecule has 21 heavy (non-hydrogen) atoms. The molecule has 2 aromatic rings. The molecule has 5 heteroatoms. The molecule has 1 heterocycles. The molecule has 0 saturated heterocycles. The molecule has 1 atom stereocenters. The average molecular weight is 301 g/mol. The predicted molar refractivity (Wildman–Crippen MR) is 86.6 cm³/mol. The Balaban J connectivity index is 2.04. The van der Waals surface area contributed by atoms with Crippen LogP contribution >= 0.6 is 11.8 Å². The van der Waals surface area contributed by atoms with E-state index in [0.717, 1.165) is 22.6 Å². The lowest BCUT2D eigenvalue weighted by Gasteiger charge is -2.13. The molecule has 0 aliphatic rings. The van der Waals surface area contributed by atoms with Crippen LogP contribution in [0, 0.1) is 20.8 Å². The second kappa shape index (κ2) is 6.72. The van der Waals surface area contributed by atoms with Gasteiger partial charge in [0.2, 0.25) is 5.91 Å². The highest BCUT2D eigenvalue weighted by Gasteiger charge is 2.17. The van der Waals surface area contributed by atoms with Crippen LogP contribution < -0.4 is 5.32 Å². The van der Waals surface area contributed by atoms with Crippen molar-refractivity contribution in [1.82, 2.24) is 9.97 Å². The van der Waals surface area contributed by atoms with Crippen LogP contribution in [0.15, 0.2) is 35.5 Å². The van der Waals surface area contributed by atoms with E-state index in [1.807, 2.05) is 58.0 Å². The summed E-state index contributed by atoms with van der Waals surface area (Å²) in [6.07, 6.45) is 0. The summed E-state index contributed by atoms with van der Waals surface area (Å²) < 4.78 is 0. The number of rotatable bonds is 4. The molecule has 1 amide bonds. The van der Waals surface area contributed by atoms with Crippen LogP contribution in [0.3, 0.4) is 0 Å². The first-order chi connectivity index (χ1) is 9.95. The number of aryl methyl sites for hydroxylation is 3. The third-order valence-corrected chi connectivity index (χ3v) is 3.98. The first kappa shape index (κ1) is 15.5. The summed E-state index contributed by atoms with van der Waals surface area (Å²) in [5.74, 6) is -0.0444. The number of nitrogens with one attached hydrogen (secondary N) is 1. The molecule has 0 aliphatic carbocycles. The maximum Gasteiger partial charge on any atom is 0.237 e. The molecule has 0 radical (unpaired) electrons. The highest BCUT2D eigenvalue weighted by Crippen LogP contribution is 2.22. The van der Waals surface area contributed by atoms with Gasteiger partial charge in [-0.1, -0.05) is 30.0 Å². The van der Waals surface area contributed by atoms with Crippen LogP contribution in [0.25, 0.3) is 0 Å².